The van der Waals surface area contributed by atoms with E-state index in [-0.39, 0.29) is 5.75 Å². The molecule has 0 fully saturated rings. The zero-order chi connectivity index (χ0) is 15.7. The van der Waals surface area contributed by atoms with Crippen LogP contribution in [0.3, 0.4) is 0 Å². The van der Waals surface area contributed by atoms with Crippen LogP contribution in [0.5, 0.6) is 0 Å². The quantitative estimate of drug-likeness (QED) is 0.829. The second kappa shape index (κ2) is 6.02. The summed E-state index contributed by atoms with van der Waals surface area (Å²) in [5, 5.41) is 1.33. The van der Waals surface area contributed by atoms with Gasteiger partial charge in [-0.05, 0) is 49.1 Å². The standard InChI is InChI=1S/C16H22N2O3S/c1-2-12-4-5-15-14(10-12)13-6-8-18(11-16(13)17-15)7-3-9-22(19,20)21/h4-5,10,17H,2-3,6-9,11H2,1H3,(H,19,20,21). The number of hydrogen-bond acceptors (Lipinski definition) is 3. The molecule has 1 aromatic carbocycles. The molecule has 0 atom stereocenters. The molecule has 3 rings (SSSR count). The molecule has 0 saturated heterocycles. The van der Waals surface area contributed by atoms with Crippen LogP contribution in [0.25, 0.3) is 10.9 Å². The van der Waals surface area contributed by atoms with E-state index in [1.807, 2.05) is 0 Å². The van der Waals surface area contributed by atoms with Crippen molar-refractivity contribution >= 4 is 21.0 Å². The van der Waals surface area contributed by atoms with Gasteiger partial charge in [0.2, 0.25) is 0 Å². The SMILES string of the molecule is CCc1ccc2[nH]c3c(c2c1)CCN(CCCS(=O)(=O)O)C3. The second-order valence-corrected chi connectivity index (χ2v) is 7.55. The Labute approximate surface area is 131 Å². The van der Waals surface area contributed by atoms with Gasteiger partial charge >= 0.3 is 0 Å². The number of nitrogens with zero attached hydrogens (tertiary/aromatic N) is 1. The van der Waals surface area contributed by atoms with Crippen molar-refractivity contribution in [2.75, 3.05) is 18.8 Å². The van der Waals surface area contributed by atoms with Crippen molar-refractivity contribution in [2.45, 2.75) is 32.7 Å². The van der Waals surface area contributed by atoms with Crippen LogP contribution in [0.4, 0.5) is 0 Å². The minimum Gasteiger partial charge on any atom is -0.357 e. The van der Waals surface area contributed by atoms with Crippen LogP contribution in [0.15, 0.2) is 18.2 Å². The number of aryl methyl sites for hydroxylation is 1. The molecule has 1 aromatic heterocycles. The predicted octanol–water partition coefficient (Wildman–Crippen LogP) is 2.37. The molecule has 0 spiro atoms. The van der Waals surface area contributed by atoms with Gasteiger partial charge < -0.3 is 4.98 Å². The molecular weight excluding hydrogens is 300 g/mol. The number of aromatic amines is 1. The molecule has 22 heavy (non-hydrogen) atoms. The highest BCUT2D eigenvalue weighted by Crippen LogP contribution is 2.28. The van der Waals surface area contributed by atoms with E-state index in [0.29, 0.717) is 13.0 Å². The van der Waals surface area contributed by atoms with E-state index in [4.69, 9.17) is 4.55 Å². The van der Waals surface area contributed by atoms with Crippen molar-refractivity contribution in [1.82, 2.24) is 9.88 Å². The molecule has 2 aromatic rings. The number of rotatable bonds is 5. The fourth-order valence-electron chi connectivity index (χ4n) is 3.23. The largest absolute Gasteiger partial charge is 0.357 e. The third-order valence-electron chi connectivity index (χ3n) is 4.40. The van der Waals surface area contributed by atoms with E-state index in [1.165, 1.54) is 27.7 Å². The van der Waals surface area contributed by atoms with Crippen LogP contribution in [0, 0.1) is 0 Å². The van der Waals surface area contributed by atoms with Gasteiger partial charge in [-0.2, -0.15) is 8.42 Å². The summed E-state index contributed by atoms with van der Waals surface area (Å²) in [7, 11) is -3.85. The molecule has 6 heteroatoms. The van der Waals surface area contributed by atoms with Crippen molar-refractivity contribution in [3.05, 3.63) is 35.0 Å². The summed E-state index contributed by atoms with van der Waals surface area (Å²) in [6.45, 7) is 4.60. The van der Waals surface area contributed by atoms with Crippen LogP contribution >= 0.6 is 0 Å². The van der Waals surface area contributed by atoms with Crippen molar-refractivity contribution in [3.8, 4) is 0 Å². The first-order valence-electron chi connectivity index (χ1n) is 7.76. The second-order valence-electron chi connectivity index (χ2n) is 5.98. The van der Waals surface area contributed by atoms with Crippen LogP contribution in [-0.2, 0) is 29.5 Å². The molecule has 0 radical (unpaired) electrons. The molecule has 0 unspecified atom stereocenters. The van der Waals surface area contributed by atoms with Gasteiger partial charge in [-0.1, -0.05) is 13.0 Å². The maximum Gasteiger partial charge on any atom is 0.264 e. The highest BCUT2D eigenvalue weighted by atomic mass is 32.2. The van der Waals surface area contributed by atoms with E-state index >= 15 is 0 Å². The summed E-state index contributed by atoms with van der Waals surface area (Å²) in [5.74, 6) is -0.164. The molecule has 0 saturated carbocycles. The average molecular weight is 322 g/mol. The number of nitrogens with one attached hydrogen (secondary N) is 1. The van der Waals surface area contributed by atoms with E-state index in [0.717, 1.165) is 25.9 Å². The maximum atomic E-state index is 10.8. The molecule has 1 aliphatic heterocycles. The number of aromatic nitrogens is 1. The van der Waals surface area contributed by atoms with E-state index in [9.17, 15) is 8.42 Å². The maximum absolute atomic E-state index is 10.8. The first kappa shape index (κ1) is 15.5. The third kappa shape index (κ3) is 3.34. The molecule has 0 bridgehead atoms. The molecule has 5 nitrogen and oxygen atoms in total. The van der Waals surface area contributed by atoms with Crippen molar-refractivity contribution in [3.63, 3.8) is 0 Å². The Morgan fingerprint density at radius 3 is 2.91 bits per heavy atom. The first-order chi connectivity index (χ1) is 10.5. The summed E-state index contributed by atoms with van der Waals surface area (Å²) in [6, 6.07) is 6.59. The molecule has 2 N–H and O–H groups in total. The van der Waals surface area contributed by atoms with Gasteiger partial charge in [0, 0.05) is 29.7 Å². The molecule has 0 amide bonds. The van der Waals surface area contributed by atoms with Gasteiger partial charge in [-0.3, -0.25) is 9.45 Å². The monoisotopic (exact) mass is 322 g/mol. The van der Waals surface area contributed by atoms with Crippen molar-refractivity contribution < 1.29 is 13.0 Å². The highest BCUT2D eigenvalue weighted by molar-refractivity contribution is 7.85. The van der Waals surface area contributed by atoms with Gasteiger partial charge in [-0.15, -0.1) is 0 Å². The van der Waals surface area contributed by atoms with Gasteiger partial charge in [0.1, 0.15) is 0 Å². The Morgan fingerprint density at radius 2 is 2.18 bits per heavy atom. The van der Waals surface area contributed by atoms with Crippen LogP contribution in [0.1, 0.15) is 30.2 Å². The Morgan fingerprint density at radius 1 is 1.36 bits per heavy atom. The average Bonchev–Trinajstić information content (AvgIpc) is 2.82. The topological polar surface area (TPSA) is 73.4 Å². The van der Waals surface area contributed by atoms with Crippen LogP contribution in [0.2, 0.25) is 0 Å². The molecular formula is C16H22N2O3S. The molecule has 0 aliphatic carbocycles. The fourth-order valence-corrected chi connectivity index (χ4v) is 3.72. The summed E-state index contributed by atoms with van der Waals surface area (Å²) in [6.07, 6.45) is 2.49. The number of benzene rings is 1. The Kier molecular flexibility index (Phi) is 4.25. The Hall–Kier alpha value is -1.37. The number of hydrogen-bond donors (Lipinski definition) is 2. The van der Waals surface area contributed by atoms with Crippen LogP contribution < -0.4 is 0 Å². The predicted molar refractivity (Wildman–Crippen MR) is 87.7 cm³/mol. The lowest BCUT2D eigenvalue weighted by Gasteiger charge is -2.26. The number of H-pyrrole nitrogens is 1. The summed E-state index contributed by atoms with van der Waals surface area (Å²) in [5.41, 5.74) is 5.17. The summed E-state index contributed by atoms with van der Waals surface area (Å²) < 4.78 is 30.4. The van der Waals surface area contributed by atoms with E-state index in [2.05, 4.69) is 35.0 Å². The molecule has 1 aliphatic rings. The minimum atomic E-state index is -3.85. The van der Waals surface area contributed by atoms with Gasteiger partial charge in [0.05, 0.1) is 5.75 Å². The number of fused-ring (bicyclic) bond motifs is 3. The summed E-state index contributed by atoms with van der Waals surface area (Å²) in [4.78, 5) is 5.73. The highest BCUT2D eigenvalue weighted by Gasteiger charge is 2.20. The summed E-state index contributed by atoms with van der Waals surface area (Å²) >= 11 is 0. The fraction of sp³-hybridized carbons (Fsp3) is 0.500. The lowest BCUT2D eigenvalue weighted by atomic mass is 10.0. The van der Waals surface area contributed by atoms with Gasteiger partial charge in [0.15, 0.2) is 0 Å². The Bertz CT molecular complexity index is 780. The van der Waals surface area contributed by atoms with Gasteiger partial charge in [0.25, 0.3) is 10.1 Å². The zero-order valence-electron chi connectivity index (χ0n) is 12.8. The smallest absolute Gasteiger partial charge is 0.264 e. The third-order valence-corrected chi connectivity index (χ3v) is 5.21. The lowest BCUT2D eigenvalue weighted by Crippen LogP contribution is -2.32. The first-order valence-corrected chi connectivity index (χ1v) is 9.37. The molecule has 120 valence electrons. The van der Waals surface area contributed by atoms with Crippen molar-refractivity contribution in [1.29, 1.82) is 0 Å². The van der Waals surface area contributed by atoms with E-state index < -0.39 is 10.1 Å². The minimum absolute atomic E-state index is 0.164. The van der Waals surface area contributed by atoms with Crippen LogP contribution in [-0.4, -0.2) is 41.7 Å². The van der Waals surface area contributed by atoms with Crippen molar-refractivity contribution in [2.24, 2.45) is 0 Å². The molecule has 2 heterocycles. The lowest BCUT2D eigenvalue weighted by molar-refractivity contribution is 0.252. The van der Waals surface area contributed by atoms with Gasteiger partial charge in [-0.25, -0.2) is 0 Å². The van der Waals surface area contributed by atoms with E-state index in [1.54, 1.807) is 0 Å². The normalized spacial score (nSPS) is 16.1. The Balaban J connectivity index is 1.73. The zero-order valence-corrected chi connectivity index (χ0v) is 13.6.